The highest BCUT2D eigenvalue weighted by Crippen LogP contribution is 2.22. The van der Waals surface area contributed by atoms with Gasteiger partial charge in [0, 0.05) is 27.4 Å². The van der Waals surface area contributed by atoms with Crippen LogP contribution in [0.5, 0.6) is 0 Å². The lowest BCUT2D eigenvalue weighted by molar-refractivity contribution is 0.0303. The van der Waals surface area contributed by atoms with Crippen molar-refractivity contribution in [1.29, 1.82) is 0 Å². The lowest BCUT2D eigenvalue weighted by Gasteiger charge is -2.26. The molecule has 1 heterocycles. The summed E-state index contributed by atoms with van der Waals surface area (Å²) in [7, 11) is 2.02. The van der Waals surface area contributed by atoms with Gasteiger partial charge in [-0.05, 0) is 48.8 Å². The van der Waals surface area contributed by atoms with Crippen molar-refractivity contribution in [2.75, 3.05) is 13.7 Å². The van der Waals surface area contributed by atoms with E-state index in [0.717, 1.165) is 25.9 Å². The van der Waals surface area contributed by atoms with Gasteiger partial charge in [-0.15, -0.1) is 11.3 Å². The standard InChI is InChI=1S/C13H22BrNOS/c1-4-6-13(16-5-2)12(15-3)8-11-7-10(14)9-17-11/h7,9,12-13,15H,4-6,8H2,1-3H3. The van der Waals surface area contributed by atoms with Crippen LogP contribution < -0.4 is 5.32 Å². The predicted molar refractivity (Wildman–Crippen MR) is 78.9 cm³/mol. The summed E-state index contributed by atoms with van der Waals surface area (Å²) >= 11 is 5.31. The third-order valence-electron chi connectivity index (χ3n) is 2.82. The van der Waals surface area contributed by atoms with Gasteiger partial charge < -0.3 is 10.1 Å². The minimum Gasteiger partial charge on any atom is -0.377 e. The average molecular weight is 320 g/mol. The van der Waals surface area contributed by atoms with Crippen molar-refractivity contribution >= 4 is 27.3 Å². The number of thiophene rings is 1. The second-order valence-corrected chi connectivity index (χ2v) is 6.02. The Morgan fingerprint density at radius 3 is 2.71 bits per heavy atom. The Kier molecular flexibility index (Phi) is 7.35. The summed E-state index contributed by atoms with van der Waals surface area (Å²) in [5.41, 5.74) is 0. The number of rotatable bonds is 8. The van der Waals surface area contributed by atoms with Crippen LogP contribution in [0.2, 0.25) is 0 Å². The Hall–Kier alpha value is 0.1000. The molecule has 1 rings (SSSR count). The van der Waals surface area contributed by atoms with Crippen LogP contribution in [0.3, 0.4) is 0 Å². The molecule has 2 nitrogen and oxygen atoms in total. The van der Waals surface area contributed by atoms with E-state index in [-0.39, 0.29) is 0 Å². The first kappa shape index (κ1) is 15.2. The third-order valence-corrected chi connectivity index (χ3v) is 4.54. The first-order chi connectivity index (χ1) is 8.21. The molecular formula is C13H22BrNOS. The summed E-state index contributed by atoms with van der Waals surface area (Å²) in [6.45, 7) is 5.06. The molecule has 2 unspecified atom stereocenters. The van der Waals surface area contributed by atoms with Gasteiger partial charge in [0.2, 0.25) is 0 Å². The Balaban J connectivity index is 2.61. The van der Waals surface area contributed by atoms with Crippen LogP contribution in [0.15, 0.2) is 15.9 Å². The number of likely N-dealkylation sites (N-methyl/N-ethyl adjacent to an activating group) is 1. The van der Waals surface area contributed by atoms with E-state index in [1.54, 1.807) is 11.3 Å². The molecule has 0 spiro atoms. The molecular weight excluding hydrogens is 298 g/mol. The van der Waals surface area contributed by atoms with E-state index in [4.69, 9.17) is 4.74 Å². The Morgan fingerprint density at radius 2 is 2.24 bits per heavy atom. The van der Waals surface area contributed by atoms with Crippen LogP contribution in [0.25, 0.3) is 0 Å². The summed E-state index contributed by atoms with van der Waals surface area (Å²) in [5, 5.41) is 5.53. The average Bonchev–Trinajstić information content (AvgIpc) is 2.72. The van der Waals surface area contributed by atoms with Crippen molar-refractivity contribution in [3.63, 3.8) is 0 Å². The predicted octanol–water partition coefficient (Wildman–Crippen LogP) is 3.85. The van der Waals surface area contributed by atoms with Crippen molar-refractivity contribution in [2.45, 2.75) is 45.3 Å². The lowest BCUT2D eigenvalue weighted by atomic mass is 10.0. The zero-order valence-corrected chi connectivity index (χ0v) is 13.2. The Morgan fingerprint density at radius 1 is 1.47 bits per heavy atom. The van der Waals surface area contributed by atoms with Crippen LogP contribution in [-0.2, 0) is 11.2 Å². The van der Waals surface area contributed by atoms with E-state index in [9.17, 15) is 0 Å². The van der Waals surface area contributed by atoms with E-state index in [1.807, 2.05) is 7.05 Å². The molecule has 0 fully saturated rings. The maximum atomic E-state index is 5.84. The fourth-order valence-corrected chi connectivity index (χ4v) is 3.51. The monoisotopic (exact) mass is 319 g/mol. The minimum absolute atomic E-state index is 0.316. The highest BCUT2D eigenvalue weighted by molar-refractivity contribution is 9.10. The van der Waals surface area contributed by atoms with E-state index >= 15 is 0 Å². The quantitative estimate of drug-likeness (QED) is 0.786. The fourth-order valence-electron chi connectivity index (χ4n) is 2.00. The van der Waals surface area contributed by atoms with E-state index in [2.05, 4.69) is 46.5 Å². The van der Waals surface area contributed by atoms with Gasteiger partial charge in [0.25, 0.3) is 0 Å². The maximum Gasteiger partial charge on any atom is 0.0731 e. The van der Waals surface area contributed by atoms with Crippen LogP contribution in [0, 0.1) is 0 Å². The van der Waals surface area contributed by atoms with Gasteiger partial charge >= 0.3 is 0 Å². The number of halogens is 1. The molecule has 0 saturated carbocycles. The number of ether oxygens (including phenoxy) is 1. The van der Waals surface area contributed by atoms with Crippen LogP contribution in [0.1, 0.15) is 31.6 Å². The fraction of sp³-hybridized carbons (Fsp3) is 0.692. The van der Waals surface area contributed by atoms with Crippen LogP contribution >= 0.6 is 27.3 Å². The number of hydrogen-bond acceptors (Lipinski definition) is 3. The molecule has 0 amide bonds. The highest BCUT2D eigenvalue weighted by Gasteiger charge is 2.20. The number of hydrogen-bond donors (Lipinski definition) is 1. The maximum absolute atomic E-state index is 5.84. The van der Waals surface area contributed by atoms with Crippen LogP contribution in [-0.4, -0.2) is 25.8 Å². The zero-order chi connectivity index (χ0) is 12.7. The summed E-state index contributed by atoms with van der Waals surface area (Å²) in [6.07, 6.45) is 3.64. The minimum atomic E-state index is 0.316. The molecule has 2 atom stereocenters. The molecule has 4 heteroatoms. The van der Waals surface area contributed by atoms with Crippen molar-refractivity contribution < 1.29 is 4.74 Å². The van der Waals surface area contributed by atoms with E-state index in [0.29, 0.717) is 12.1 Å². The second kappa shape index (κ2) is 8.25. The molecule has 0 aromatic carbocycles. The Bertz CT molecular complexity index is 310. The van der Waals surface area contributed by atoms with Gasteiger partial charge in [0.15, 0.2) is 0 Å². The number of nitrogens with one attached hydrogen (secondary N) is 1. The smallest absolute Gasteiger partial charge is 0.0731 e. The zero-order valence-electron chi connectivity index (χ0n) is 10.8. The van der Waals surface area contributed by atoms with E-state index in [1.165, 1.54) is 9.35 Å². The van der Waals surface area contributed by atoms with Gasteiger partial charge in [0.1, 0.15) is 0 Å². The topological polar surface area (TPSA) is 21.3 Å². The second-order valence-electron chi connectivity index (χ2n) is 4.11. The summed E-state index contributed by atoms with van der Waals surface area (Å²) in [4.78, 5) is 1.40. The summed E-state index contributed by atoms with van der Waals surface area (Å²) in [6, 6.07) is 2.60. The molecule has 0 aliphatic carbocycles. The summed E-state index contributed by atoms with van der Waals surface area (Å²) in [5.74, 6) is 0. The molecule has 0 aliphatic rings. The Labute approximate surface area is 117 Å². The SMILES string of the molecule is CCCC(OCC)C(Cc1cc(Br)cs1)NC. The molecule has 1 aromatic heterocycles. The molecule has 0 aliphatic heterocycles. The lowest BCUT2D eigenvalue weighted by Crippen LogP contribution is -2.41. The normalized spacial score (nSPS) is 14.8. The third kappa shape index (κ3) is 5.08. The van der Waals surface area contributed by atoms with Crippen molar-refractivity contribution in [1.82, 2.24) is 5.32 Å². The molecule has 0 saturated heterocycles. The van der Waals surface area contributed by atoms with E-state index < -0.39 is 0 Å². The van der Waals surface area contributed by atoms with Crippen molar-refractivity contribution in [3.05, 3.63) is 20.8 Å². The molecule has 1 N–H and O–H groups in total. The molecule has 17 heavy (non-hydrogen) atoms. The van der Waals surface area contributed by atoms with Crippen LogP contribution in [0.4, 0.5) is 0 Å². The molecule has 98 valence electrons. The molecule has 0 bridgehead atoms. The van der Waals surface area contributed by atoms with Crippen molar-refractivity contribution in [2.24, 2.45) is 0 Å². The summed E-state index contributed by atoms with van der Waals surface area (Å²) < 4.78 is 7.02. The first-order valence-corrected chi connectivity index (χ1v) is 7.90. The first-order valence-electron chi connectivity index (χ1n) is 6.23. The largest absolute Gasteiger partial charge is 0.377 e. The highest BCUT2D eigenvalue weighted by atomic mass is 79.9. The van der Waals surface area contributed by atoms with Gasteiger partial charge in [-0.2, -0.15) is 0 Å². The van der Waals surface area contributed by atoms with Gasteiger partial charge in [-0.1, -0.05) is 13.3 Å². The molecule has 0 radical (unpaired) electrons. The van der Waals surface area contributed by atoms with Gasteiger partial charge in [-0.3, -0.25) is 0 Å². The van der Waals surface area contributed by atoms with Gasteiger partial charge in [-0.25, -0.2) is 0 Å². The molecule has 1 aromatic rings. The van der Waals surface area contributed by atoms with Crippen molar-refractivity contribution in [3.8, 4) is 0 Å². The van der Waals surface area contributed by atoms with Gasteiger partial charge in [0.05, 0.1) is 6.10 Å².